The van der Waals surface area contributed by atoms with Gasteiger partial charge in [-0.15, -0.1) is 0 Å². The van der Waals surface area contributed by atoms with E-state index >= 15 is 0 Å². The summed E-state index contributed by atoms with van der Waals surface area (Å²) in [6.07, 6.45) is -4.69. The number of rotatable bonds is 16. The summed E-state index contributed by atoms with van der Waals surface area (Å²) in [5, 5.41) is 11.7. The Labute approximate surface area is 269 Å². The van der Waals surface area contributed by atoms with Gasteiger partial charge in [-0.05, 0) is 35.7 Å². The predicted octanol–water partition coefficient (Wildman–Crippen LogP) is 5.76. The van der Waals surface area contributed by atoms with Crippen molar-refractivity contribution in [2.45, 2.75) is 57.5 Å². The van der Waals surface area contributed by atoms with Crippen molar-refractivity contribution in [2.24, 2.45) is 0 Å². The minimum Gasteiger partial charge on any atom is -0.493 e. The van der Waals surface area contributed by atoms with Crippen molar-refractivity contribution >= 4 is 5.78 Å². The summed E-state index contributed by atoms with van der Waals surface area (Å²) in [6.45, 7) is 2.50. The first kappa shape index (κ1) is 33.1. The summed E-state index contributed by atoms with van der Waals surface area (Å²) < 4.78 is 42.7. The average Bonchev–Trinajstić information content (AvgIpc) is 3.40. The first-order valence-corrected chi connectivity index (χ1v) is 15.2. The second-order valence-electron chi connectivity index (χ2n) is 10.9. The number of hydrogen-bond acceptors (Lipinski definition) is 9. The topological polar surface area (TPSA) is 102 Å². The lowest BCUT2D eigenvalue weighted by Gasteiger charge is -2.28. The van der Waals surface area contributed by atoms with Crippen LogP contribution >= 0.6 is 0 Å². The number of ketones is 1. The normalized spacial score (nSPS) is 19.8. The van der Waals surface area contributed by atoms with E-state index in [0.29, 0.717) is 18.8 Å². The molecule has 9 nitrogen and oxygen atoms in total. The highest BCUT2D eigenvalue weighted by Crippen LogP contribution is 2.41. The van der Waals surface area contributed by atoms with Crippen LogP contribution in [0.5, 0.6) is 17.2 Å². The molecule has 9 heteroatoms. The molecular weight excluding hydrogens is 588 g/mol. The van der Waals surface area contributed by atoms with Gasteiger partial charge in [0.1, 0.15) is 24.4 Å². The smallest absolute Gasteiger partial charge is 0.229 e. The summed E-state index contributed by atoms with van der Waals surface area (Å²) >= 11 is 0. The number of methoxy groups -OCH3 is 2. The van der Waals surface area contributed by atoms with E-state index in [-0.39, 0.29) is 36.2 Å². The van der Waals surface area contributed by atoms with Crippen molar-refractivity contribution in [1.29, 1.82) is 0 Å². The number of aliphatic hydroxyl groups excluding tert-OH is 1. The maximum absolute atomic E-state index is 12.1. The zero-order chi connectivity index (χ0) is 32.3. The molecule has 1 saturated heterocycles. The Hall–Kier alpha value is -4.25. The molecule has 0 unspecified atom stereocenters. The number of hydrogen-bond donors (Lipinski definition) is 1. The standard InChI is InChI=1S/C37H40O9/c1-25(38)29-19-30(40-2)34(31(20-29)41-3)45-37-33(39)36(44-23-28-17-11-6-12-18-28)35(46-37)32(43-22-27-15-9-5-10-16-27)24-42-21-26-13-7-4-8-14-26/h4-20,32-33,35-37,39H,21-24H2,1-3H3/t32-,33-,35-,36-,37-/m1/s1. The Morgan fingerprint density at radius 2 is 1.30 bits per heavy atom. The van der Waals surface area contributed by atoms with Gasteiger partial charge in [0.15, 0.2) is 17.3 Å². The summed E-state index contributed by atoms with van der Waals surface area (Å²) in [4.78, 5) is 12.1. The molecule has 1 fully saturated rings. The molecular formula is C37H40O9. The second-order valence-corrected chi connectivity index (χ2v) is 10.9. The van der Waals surface area contributed by atoms with Crippen LogP contribution in [0.1, 0.15) is 34.0 Å². The predicted molar refractivity (Wildman–Crippen MR) is 171 cm³/mol. The monoisotopic (exact) mass is 628 g/mol. The fourth-order valence-electron chi connectivity index (χ4n) is 5.22. The molecule has 0 saturated carbocycles. The number of Topliss-reactive ketones (excluding diaryl/α,β-unsaturated/α-hetero) is 1. The van der Waals surface area contributed by atoms with Crippen LogP contribution in [0, 0.1) is 0 Å². The summed E-state index contributed by atoms with van der Waals surface area (Å²) in [6, 6.07) is 32.4. The van der Waals surface area contributed by atoms with Gasteiger partial charge in [-0.2, -0.15) is 0 Å². The third-order valence-electron chi connectivity index (χ3n) is 7.68. The van der Waals surface area contributed by atoms with Crippen LogP contribution in [-0.2, 0) is 38.8 Å². The van der Waals surface area contributed by atoms with Gasteiger partial charge < -0.3 is 38.3 Å². The van der Waals surface area contributed by atoms with Crippen molar-refractivity contribution < 1.29 is 43.1 Å². The number of benzene rings is 4. The minimum atomic E-state index is -1.23. The summed E-state index contributed by atoms with van der Waals surface area (Å²) in [7, 11) is 2.92. The molecule has 0 amide bonds. The van der Waals surface area contributed by atoms with Crippen molar-refractivity contribution in [3.05, 3.63) is 125 Å². The molecule has 1 N–H and O–H groups in total. The van der Waals surface area contributed by atoms with Gasteiger partial charge in [0.05, 0.1) is 40.6 Å². The van der Waals surface area contributed by atoms with Crippen LogP contribution in [0.2, 0.25) is 0 Å². The zero-order valence-electron chi connectivity index (χ0n) is 26.2. The van der Waals surface area contributed by atoms with Crippen molar-refractivity contribution in [2.75, 3.05) is 20.8 Å². The highest BCUT2D eigenvalue weighted by Gasteiger charge is 2.50. The highest BCUT2D eigenvalue weighted by atomic mass is 16.7. The molecule has 5 rings (SSSR count). The van der Waals surface area contributed by atoms with Gasteiger partial charge in [0, 0.05) is 5.56 Å². The lowest BCUT2D eigenvalue weighted by atomic mass is 10.1. The molecule has 46 heavy (non-hydrogen) atoms. The van der Waals surface area contributed by atoms with E-state index in [1.165, 1.54) is 21.1 Å². The number of carbonyl (C=O) groups is 1. The van der Waals surface area contributed by atoms with Crippen LogP contribution in [0.3, 0.4) is 0 Å². The molecule has 5 atom stereocenters. The molecule has 0 bridgehead atoms. The third kappa shape index (κ3) is 8.51. The van der Waals surface area contributed by atoms with E-state index in [2.05, 4.69) is 0 Å². The Balaban J connectivity index is 1.42. The molecule has 242 valence electrons. The summed E-state index contributed by atoms with van der Waals surface area (Å²) in [5.74, 6) is 0.537. The number of carbonyl (C=O) groups excluding carboxylic acids is 1. The van der Waals surface area contributed by atoms with Gasteiger partial charge in [-0.3, -0.25) is 4.79 Å². The molecule has 1 aliphatic rings. The van der Waals surface area contributed by atoms with Crippen molar-refractivity contribution in [1.82, 2.24) is 0 Å². The first-order chi connectivity index (χ1) is 22.5. The van der Waals surface area contributed by atoms with Gasteiger partial charge in [-0.25, -0.2) is 0 Å². The lowest BCUT2D eigenvalue weighted by molar-refractivity contribution is -0.162. The van der Waals surface area contributed by atoms with Crippen LogP contribution in [-0.4, -0.2) is 62.4 Å². The summed E-state index contributed by atoms with van der Waals surface area (Å²) in [5.41, 5.74) is 3.32. The lowest BCUT2D eigenvalue weighted by Crippen LogP contribution is -2.44. The SMILES string of the molecule is COc1cc(C(C)=O)cc(OC)c1O[C@@H]1O[C@H]([C@@H](COCc2ccccc2)OCc2ccccc2)[C@H](OCc2ccccc2)[C@H]1O. The molecule has 0 spiro atoms. The van der Waals surface area contributed by atoms with E-state index in [0.717, 1.165) is 16.7 Å². The number of ether oxygens (including phenoxy) is 7. The fraction of sp³-hybridized carbons (Fsp3) is 0.324. The first-order valence-electron chi connectivity index (χ1n) is 15.2. The number of aliphatic hydroxyl groups is 1. The van der Waals surface area contributed by atoms with E-state index in [1.54, 1.807) is 12.1 Å². The highest BCUT2D eigenvalue weighted by molar-refractivity contribution is 5.95. The largest absolute Gasteiger partial charge is 0.493 e. The Bertz CT molecular complexity index is 1490. The molecule has 0 aliphatic carbocycles. The third-order valence-corrected chi connectivity index (χ3v) is 7.68. The molecule has 1 heterocycles. The van der Waals surface area contributed by atoms with Gasteiger partial charge >= 0.3 is 0 Å². The average molecular weight is 629 g/mol. The van der Waals surface area contributed by atoms with E-state index < -0.39 is 30.7 Å². The van der Waals surface area contributed by atoms with Gasteiger partial charge in [0.2, 0.25) is 12.0 Å². The van der Waals surface area contributed by atoms with Crippen molar-refractivity contribution in [3.63, 3.8) is 0 Å². The van der Waals surface area contributed by atoms with Crippen LogP contribution in [0.15, 0.2) is 103 Å². The quantitative estimate of drug-likeness (QED) is 0.155. The maximum atomic E-state index is 12.1. The Morgan fingerprint density at radius 3 is 1.83 bits per heavy atom. The second kappa shape index (κ2) is 16.4. The van der Waals surface area contributed by atoms with Crippen LogP contribution in [0.25, 0.3) is 0 Å². The Morgan fingerprint density at radius 1 is 0.783 bits per heavy atom. The minimum absolute atomic E-state index is 0.163. The van der Waals surface area contributed by atoms with E-state index in [4.69, 9.17) is 33.2 Å². The maximum Gasteiger partial charge on any atom is 0.229 e. The van der Waals surface area contributed by atoms with E-state index in [9.17, 15) is 9.90 Å². The van der Waals surface area contributed by atoms with E-state index in [1.807, 2.05) is 91.0 Å². The van der Waals surface area contributed by atoms with Gasteiger partial charge in [0.25, 0.3) is 0 Å². The molecule has 0 radical (unpaired) electrons. The molecule has 4 aromatic carbocycles. The Kier molecular flexibility index (Phi) is 11.8. The van der Waals surface area contributed by atoms with Crippen LogP contribution < -0.4 is 14.2 Å². The zero-order valence-corrected chi connectivity index (χ0v) is 26.2. The van der Waals surface area contributed by atoms with Crippen LogP contribution in [0.4, 0.5) is 0 Å². The fourth-order valence-corrected chi connectivity index (χ4v) is 5.22. The van der Waals surface area contributed by atoms with Gasteiger partial charge in [-0.1, -0.05) is 91.0 Å². The molecule has 0 aromatic heterocycles. The van der Waals surface area contributed by atoms with Crippen molar-refractivity contribution in [3.8, 4) is 17.2 Å². The molecule has 1 aliphatic heterocycles. The molecule has 4 aromatic rings.